The molecule has 1 aromatic heterocycles. The van der Waals surface area contributed by atoms with Crippen LogP contribution in [-0.2, 0) is 0 Å². The van der Waals surface area contributed by atoms with E-state index in [9.17, 15) is 0 Å². The standard InChI is InChI=1S/C27H19BrN2/c28-23-17-10-18-24(19-23)30-26(21-13-6-2-7-14-21)25(20-11-4-1-5-12-20)29-27(30)22-15-8-3-9-16-22/h1-19H. The van der Waals surface area contributed by atoms with Gasteiger partial charge in [-0.25, -0.2) is 4.98 Å². The first-order chi connectivity index (χ1) is 14.8. The third-order valence-corrected chi connectivity index (χ3v) is 5.56. The van der Waals surface area contributed by atoms with Crippen molar-refractivity contribution in [3.05, 3.63) is 120 Å². The van der Waals surface area contributed by atoms with E-state index in [0.717, 1.165) is 44.1 Å². The van der Waals surface area contributed by atoms with Gasteiger partial charge in [-0.15, -0.1) is 0 Å². The monoisotopic (exact) mass is 450 g/mol. The third kappa shape index (κ3) is 3.49. The maximum absolute atomic E-state index is 5.18. The summed E-state index contributed by atoms with van der Waals surface area (Å²) < 4.78 is 3.30. The zero-order valence-corrected chi connectivity index (χ0v) is 17.8. The highest BCUT2D eigenvalue weighted by Gasteiger charge is 2.22. The van der Waals surface area contributed by atoms with Crippen LogP contribution in [-0.4, -0.2) is 9.55 Å². The Labute approximate surface area is 184 Å². The maximum atomic E-state index is 5.18. The molecule has 0 atom stereocenters. The number of benzene rings is 4. The second-order valence-electron chi connectivity index (χ2n) is 7.05. The fraction of sp³-hybridized carbons (Fsp3) is 0. The first-order valence-electron chi connectivity index (χ1n) is 9.86. The zero-order valence-electron chi connectivity index (χ0n) is 16.2. The van der Waals surface area contributed by atoms with Crippen molar-refractivity contribution in [2.45, 2.75) is 0 Å². The van der Waals surface area contributed by atoms with Gasteiger partial charge in [-0.3, -0.25) is 4.57 Å². The molecule has 4 aromatic carbocycles. The lowest BCUT2D eigenvalue weighted by Crippen LogP contribution is -2.00. The van der Waals surface area contributed by atoms with E-state index >= 15 is 0 Å². The summed E-state index contributed by atoms with van der Waals surface area (Å²) in [6.07, 6.45) is 0. The van der Waals surface area contributed by atoms with E-state index in [0.29, 0.717) is 0 Å². The predicted octanol–water partition coefficient (Wildman–Crippen LogP) is 7.64. The highest BCUT2D eigenvalue weighted by atomic mass is 79.9. The summed E-state index contributed by atoms with van der Waals surface area (Å²) >= 11 is 3.64. The average Bonchev–Trinajstić information content (AvgIpc) is 3.22. The van der Waals surface area contributed by atoms with Gasteiger partial charge in [0.1, 0.15) is 5.82 Å². The Hall–Kier alpha value is -3.43. The second-order valence-corrected chi connectivity index (χ2v) is 7.96. The third-order valence-electron chi connectivity index (χ3n) is 5.07. The molecule has 5 rings (SSSR count). The molecule has 0 unspecified atom stereocenters. The molecule has 30 heavy (non-hydrogen) atoms. The number of hydrogen-bond acceptors (Lipinski definition) is 1. The minimum atomic E-state index is 0.923. The summed E-state index contributed by atoms with van der Waals surface area (Å²) in [4.78, 5) is 5.18. The highest BCUT2D eigenvalue weighted by Crippen LogP contribution is 2.38. The summed E-state index contributed by atoms with van der Waals surface area (Å²) in [6.45, 7) is 0. The molecule has 2 nitrogen and oxygen atoms in total. The van der Waals surface area contributed by atoms with Crippen LogP contribution in [0.2, 0.25) is 0 Å². The van der Waals surface area contributed by atoms with E-state index < -0.39 is 0 Å². The molecule has 144 valence electrons. The largest absolute Gasteiger partial charge is 0.292 e. The van der Waals surface area contributed by atoms with Crippen molar-refractivity contribution >= 4 is 15.9 Å². The fourth-order valence-electron chi connectivity index (χ4n) is 3.73. The minimum absolute atomic E-state index is 0.923. The zero-order chi connectivity index (χ0) is 20.3. The Morgan fingerprint density at radius 2 is 1.13 bits per heavy atom. The van der Waals surface area contributed by atoms with Gasteiger partial charge in [0.05, 0.1) is 11.4 Å². The summed E-state index contributed by atoms with van der Waals surface area (Å²) in [6, 6.07) is 39.6. The van der Waals surface area contributed by atoms with Gasteiger partial charge in [0.2, 0.25) is 0 Å². The smallest absolute Gasteiger partial charge is 0.145 e. The Bertz CT molecular complexity index is 1280. The molecule has 5 aromatic rings. The lowest BCUT2D eigenvalue weighted by molar-refractivity contribution is 1.07. The van der Waals surface area contributed by atoms with Crippen LogP contribution in [0.4, 0.5) is 0 Å². The van der Waals surface area contributed by atoms with Crippen molar-refractivity contribution in [3.63, 3.8) is 0 Å². The first-order valence-corrected chi connectivity index (χ1v) is 10.7. The van der Waals surface area contributed by atoms with Crippen LogP contribution in [0.3, 0.4) is 0 Å². The van der Waals surface area contributed by atoms with Gasteiger partial charge in [0, 0.05) is 26.9 Å². The topological polar surface area (TPSA) is 17.8 Å². The number of imidazole rings is 1. The van der Waals surface area contributed by atoms with Crippen LogP contribution in [0.1, 0.15) is 0 Å². The lowest BCUT2D eigenvalue weighted by Gasteiger charge is -2.14. The van der Waals surface area contributed by atoms with Crippen LogP contribution >= 0.6 is 15.9 Å². The van der Waals surface area contributed by atoms with Crippen molar-refractivity contribution < 1.29 is 0 Å². The lowest BCUT2D eigenvalue weighted by atomic mass is 10.0. The molecule has 0 spiro atoms. The average molecular weight is 451 g/mol. The van der Waals surface area contributed by atoms with E-state index in [1.807, 2.05) is 24.3 Å². The van der Waals surface area contributed by atoms with Gasteiger partial charge in [0.25, 0.3) is 0 Å². The van der Waals surface area contributed by atoms with Crippen molar-refractivity contribution in [1.29, 1.82) is 0 Å². The summed E-state index contributed by atoms with van der Waals surface area (Å²) in [7, 11) is 0. The van der Waals surface area contributed by atoms with Crippen LogP contribution in [0.15, 0.2) is 120 Å². The molecule has 0 aliphatic heterocycles. The maximum Gasteiger partial charge on any atom is 0.145 e. The second kappa shape index (κ2) is 8.13. The molecule has 1 heterocycles. The van der Waals surface area contributed by atoms with Gasteiger partial charge < -0.3 is 0 Å². The molecule has 0 fully saturated rings. The molecule has 0 saturated carbocycles. The first kappa shape index (κ1) is 18.6. The number of halogens is 1. The van der Waals surface area contributed by atoms with Crippen molar-refractivity contribution in [1.82, 2.24) is 9.55 Å². The Morgan fingerprint density at radius 1 is 0.567 bits per heavy atom. The van der Waals surface area contributed by atoms with E-state index in [2.05, 4.69) is 111 Å². The molecule has 0 N–H and O–H groups in total. The molecule has 0 amide bonds. The number of nitrogens with zero attached hydrogens (tertiary/aromatic N) is 2. The van der Waals surface area contributed by atoms with E-state index in [4.69, 9.17) is 4.98 Å². The molecule has 0 bridgehead atoms. The summed E-state index contributed by atoms with van der Waals surface area (Å²) in [5, 5.41) is 0. The molecule has 3 heteroatoms. The van der Waals surface area contributed by atoms with E-state index in [1.54, 1.807) is 0 Å². The minimum Gasteiger partial charge on any atom is -0.292 e. The predicted molar refractivity (Wildman–Crippen MR) is 128 cm³/mol. The van der Waals surface area contributed by atoms with Gasteiger partial charge in [0.15, 0.2) is 0 Å². The SMILES string of the molecule is Brc1cccc(-n2c(-c3ccccc3)nc(-c3ccccc3)c2-c2ccccc2)c1. The van der Waals surface area contributed by atoms with Gasteiger partial charge in [-0.05, 0) is 18.2 Å². The fourth-order valence-corrected chi connectivity index (χ4v) is 4.11. The van der Waals surface area contributed by atoms with Crippen molar-refractivity contribution in [2.24, 2.45) is 0 Å². The molecule has 0 saturated heterocycles. The molecular formula is C27H19BrN2. The quantitative estimate of drug-likeness (QED) is 0.275. The molecular weight excluding hydrogens is 432 g/mol. The van der Waals surface area contributed by atoms with Gasteiger partial charge in [-0.2, -0.15) is 0 Å². The summed E-state index contributed by atoms with van der Waals surface area (Å²) in [5.74, 6) is 0.923. The van der Waals surface area contributed by atoms with E-state index in [-0.39, 0.29) is 0 Å². The van der Waals surface area contributed by atoms with Crippen LogP contribution < -0.4 is 0 Å². The van der Waals surface area contributed by atoms with Crippen LogP contribution in [0, 0.1) is 0 Å². The van der Waals surface area contributed by atoms with Gasteiger partial charge in [-0.1, -0.05) is 113 Å². The number of aromatic nitrogens is 2. The normalized spacial score (nSPS) is 10.8. The molecule has 0 aliphatic rings. The van der Waals surface area contributed by atoms with Crippen LogP contribution in [0.25, 0.3) is 39.6 Å². The van der Waals surface area contributed by atoms with Crippen LogP contribution in [0.5, 0.6) is 0 Å². The highest BCUT2D eigenvalue weighted by molar-refractivity contribution is 9.10. The van der Waals surface area contributed by atoms with Gasteiger partial charge >= 0.3 is 0 Å². The molecule has 0 radical (unpaired) electrons. The number of rotatable bonds is 4. The summed E-state index contributed by atoms with van der Waals surface area (Å²) in [5.41, 5.74) is 6.43. The Balaban J connectivity index is 1.90. The number of hydrogen-bond donors (Lipinski definition) is 0. The van der Waals surface area contributed by atoms with Crippen molar-refractivity contribution in [3.8, 4) is 39.6 Å². The Kier molecular flexibility index (Phi) is 5.04. The molecule has 0 aliphatic carbocycles. The van der Waals surface area contributed by atoms with Crippen molar-refractivity contribution in [2.75, 3.05) is 0 Å². The van der Waals surface area contributed by atoms with E-state index in [1.165, 1.54) is 0 Å². The Morgan fingerprint density at radius 3 is 1.73 bits per heavy atom.